The summed E-state index contributed by atoms with van der Waals surface area (Å²) >= 11 is 1.86. The standard InChI is InChI=1S/C14H23NOS/c1-11(15)12-5-7-13(8-6-12)17-10-9-14(2,3)16-4/h5-8,11H,9-10,15H2,1-4H3. The van der Waals surface area contributed by atoms with Crippen molar-refractivity contribution in [3.8, 4) is 0 Å². The van der Waals surface area contributed by atoms with E-state index in [2.05, 4.69) is 38.1 Å². The molecule has 0 heterocycles. The van der Waals surface area contributed by atoms with E-state index in [9.17, 15) is 0 Å². The Hall–Kier alpha value is -0.510. The first-order valence-corrected chi connectivity index (χ1v) is 6.97. The lowest BCUT2D eigenvalue weighted by atomic mass is 10.1. The van der Waals surface area contributed by atoms with Gasteiger partial charge in [0.15, 0.2) is 0 Å². The molecule has 2 nitrogen and oxygen atoms in total. The summed E-state index contributed by atoms with van der Waals surface area (Å²) in [7, 11) is 1.77. The zero-order valence-electron chi connectivity index (χ0n) is 11.2. The third-order valence-corrected chi connectivity index (χ3v) is 3.95. The van der Waals surface area contributed by atoms with E-state index in [0.717, 1.165) is 12.2 Å². The van der Waals surface area contributed by atoms with Crippen LogP contribution in [0.25, 0.3) is 0 Å². The fourth-order valence-corrected chi connectivity index (χ4v) is 2.54. The van der Waals surface area contributed by atoms with Gasteiger partial charge in [0.2, 0.25) is 0 Å². The second-order valence-electron chi connectivity index (χ2n) is 4.92. The van der Waals surface area contributed by atoms with Crippen molar-refractivity contribution in [2.24, 2.45) is 5.73 Å². The van der Waals surface area contributed by atoms with Crippen LogP contribution in [0.5, 0.6) is 0 Å². The van der Waals surface area contributed by atoms with Gasteiger partial charge in [0, 0.05) is 23.8 Å². The third-order valence-electron chi connectivity index (χ3n) is 2.93. The predicted octanol–water partition coefficient (Wildman–Crippen LogP) is 3.61. The minimum Gasteiger partial charge on any atom is -0.379 e. The summed E-state index contributed by atoms with van der Waals surface area (Å²) in [5.41, 5.74) is 6.97. The van der Waals surface area contributed by atoms with Crippen LogP contribution in [-0.4, -0.2) is 18.5 Å². The average molecular weight is 253 g/mol. The molecule has 0 aliphatic rings. The molecule has 0 radical (unpaired) electrons. The molecule has 0 fully saturated rings. The molecular weight excluding hydrogens is 230 g/mol. The Balaban J connectivity index is 2.42. The highest BCUT2D eigenvalue weighted by Crippen LogP contribution is 2.24. The first kappa shape index (κ1) is 14.6. The Morgan fingerprint density at radius 1 is 1.29 bits per heavy atom. The van der Waals surface area contributed by atoms with Crippen molar-refractivity contribution in [3.05, 3.63) is 29.8 Å². The highest BCUT2D eigenvalue weighted by molar-refractivity contribution is 7.99. The molecule has 0 aliphatic heterocycles. The van der Waals surface area contributed by atoms with Gasteiger partial charge >= 0.3 is 0 Å². The van der Waals surface area contributed by atoms with Crippen LogP contribution in [0.4, 0.5) is 0 Å². The number of hydrogen-bond acceptors (Lipinski definition) is 3. The van der Waals surface area contributed by atoms with Gasteiger partial charge in [-0.25, -0.2) is 0 Å². The quantitative estimate of drug-likeness (QED) is 0.787. The van der Waals surface area contributed by atoms with E-state index in [4.69, 9.17) is 10.5 Å². The molecule has 1 unspecified atom stereocenters. The Bertz CT molecular complexity index is 333. The molecule has 0 aliphatic carbocycles. The molecule has 3 heteroatoms. The number of hydrogen-bond donors (Lipinski definition) is 1. The zero-order valence-corrected chi connectivity index (χ0v) is 12.0. The maximum Gasteiger partial charge on any atom is 0.0630 e. The molecule has 96 valence electrons. The van der Waals surface area contributed by atoms with Gasteiger partial charge in [0.25, 0.3) is 0 Å². The van der Waals surface area contributed by atoms with E-state index in [1.165, 1.54) is 10.5 Å². The van der Waals surface area contributed by atoms with Crippen molar-refractivity contribution in [1.82, 2.24) is 0 Å². The summed E-state index contributed by atoms with van der Waals surface area (Å²) in [5.74, 6) is 1.07. The molecule has 0 saturated heterocycles. The topological polar surface area (TPSA) is 35.2 Å². The molecule has 0 saturated carbocycles. The number of thioether (sulfide) groups is 1. The van der Waals surface area contributed by atoms with Crippen LogP contribution in [0.15, 0.2) is 29.2 Å². The highest BCUT2D eigenvalue weighted by Gasteiger charge is 2.15. The van der Waals surface area contributed by atoms with Gasteiger partial charge in [0.05, 0.1) is 5.60 Å². The van der Waals surface area contributed by atoms with Crippen molar-refractivity contribution >= 4 is 11.8 Å². The van der Waals surface area contributed by atoms with Crippen LogP contribution in [0, 0.1) is 0 Å². The van der Waals surface area contributed by atoms with Gasteiger partial charge in [-0.05, 0) is 44.9 Å². The largest absolute Gasteiger partial charge is 0.379 e. The molecule has 2 N–H and O–H groups in total. The van der Waals surface area contributed by atoms with E-state index in [-0.39, 0.29) is 11.6 Å². The summed E-state index contributed by atoms with van der Waals surface area (Å²) < 4.78 is 5.40. The smallest absolute Gasteiger partial charge is 0.0630 e. The number of methoxy groups -OCH3 is 1. The van der Waals surface area contributed by atoms with Crippen molar-refractivity contribution in [1.29, 1.82) is 0 Å². The van der Waals surface area contributed by atoms with Crippen molar-refractivity contribution in [3.63, 3.8) is 0 Å². The zero-order chi connectivity index (χ0) is 12.9. The van der Waals surface area contributed by atoms with Gasteiger partial charge in [-0.1, -0.05) is 12.1 Å². The van der Waals surface area contributed by atoms with E-state index in [0.29, 0.717) is 0 Å². The Morgan fingerprint density at radius 3 is 2.35 bits per heavy atom. The van der Waals surface area contributed by atoms with Crippen molar-refractivity contribution < 1.29 is 4.74 Å². The lowest BCUT2D eigenvalue weighted by molar-refractivity contribution is 0.0207. The third kappa shape index (κ3) is 5.11. The van der Waals surface area contributed by atoms with Crippen LogP contribution >= 0.6 is 11.8 Å². The molecule has 1 rings (SSSR count). The maximum absolute atomic E-state index is 5.82. The molecular formula is C14H23NOS. The molecule has 0 spiro atoms. The van der Waals surface area contributed by atoms with Crippen LogP contribution in [0.2, 0.25) is 0 Å². The fourth-order valence-electron chi connectivity index (χ4n) is 1.38. The summed E-state index contributed by atoms with van der Waals surface area (Å²) in [4.78, 5) is 1.29. The summed E-state index contributed by atoms with van der Waals surface area (Å²) in [6.45, 7) is 6.24. The Morgan fingerprint density at radius 2 is 1.88 bits per heavy atom. The lowest BCUT2D eigenvalue weighted by Crippen LogP contribution is -2.22. The van der Waals surface area contributed by atoms with E-state index < -0.39 is 0 Å². The highest BCUT2D eigenvalue weighted by atomic mass is 32.2. The maximum atomic E-state index is 5.82. The minimum absolute atomic E-state index is 0.0291. The summed E-state index contributed by atoms with van der Waals surface area (Å²) in [5, 5.41) is 0. The monoisotopic (exact) mass is 253 g/mol. The number of benzene rings is 1. The van der Waals surface area contributed by atoms with E-state index in [1.54, 1.807) is 7.11 Å². The first-order chi connectivity index (χ1) is 7.94. The molecule has 0 aromatic heterocycles. The van der Waals surface area contributed by atoms with Crippen molar-refractivity contribution in [2.75, 3.05) is 12.9 Å². The van der Waals surface area contributed by atoms with Gasteiger partial charge in [-0.3, -0.25) is 0 Å². The summed E-state index contributed by atoms with van der Waals surface area (Å²) in [6.07, 6.45) is 1.04. The van der Waals surface area contributed by atoms with E-state index >= 15 is 0 Å². The first-order valence-electron chi connectivity index (χ1n) is 5.98. The SMILES string of the molecule is COC(C)(C)CCSc1ccc(C(C)N)cc1. The second kappa shape index (κ2) is 6.43. The van der Waals surface area contributed by atoms with E-state index in [1.807, 2.05) is 18.7 Å². The minimum atomic E-state index is -0.0291. The van der Waals surface area contributed by atoms with Crippen LogP contribution < -0.4 is 5.73 Å². The average Bonchev–Trinajstić information content (AvgIpc) is 2.29. The Labute approximate surface area is 109 Å². The van der Waals surface area contributed by atoms with Gasteiger partial charge in [-0.2, -0.15) is 0 Å². The normalized spacial score (nSPS) is 13.7. The number of rotatable bonds is 6. The predicted molar refractivity (Wildman–Crippen MR) is 75.5 cm³/mol. The molecule has 1 aromatic rings. The van der Waals surface area contributed by atoms with Crippen LogP contribution in [0.3, 0.4) is 0 Å². The summed E-state index contributed by atoms with van der Waals surface area (Å²) in [6, 6.07) is 8.61. The number of nitrogens with two attached hydrogens (primary N) is 1. The van der Waals surface area contributed by atoms with Crippen molar-refractivity contribution in [2.45, 2.75) is 43.7 Å². The van der Waals surface area contributed by atoms with Crippen LogP contribution in [0.1, 0.15) is 38.8 Å². The molecule has 1 aromatic carbocycles. The number of ether oxygens (including phenoxy) is 1. The molecule has 17 heavy (non-hydrogen) atoms. The van der Waals surface area contributed by atoms with Gasteiger partial charge in [-0.15, -0.1) is 11.8 Å². The van der Waals surface area contributed by atoms with Gasteiger partial charge in [0.1, 0.15) is 0 Å². The lowest BCUT2D eigenvalue weighted by Gasteiger charge is -2.22. The van der Waals surface area contributed by atoms with Crippen LogP contribution in [-0.2, 0) is 4.74 Å². The van der Waals surface area contributed by atoms with Gasteiger partial charge < -0.3 is 10.5 Å². The second-order valence-corrected chi connectivity index (χ2v) is 6.09. The molecule has 1 atom stereocenters. The fraction of sp³-hybridized carbons (Fsp3) is 0.571. The Kier molecular flexibility index (Phi) is 5.50. The molecule has 0 bridgehead atoms. The molecule has 0 amide bonds.